The lowest BCUT2D eigenvalue weighted by molar-refractivity contribution is -0.113. The summed E-state index contributed by atoms with van der Waals surface area (Å²) in [5, 5.41) is 2.40. The molecule has 1 aliphatic heterocycles. The first-order valence-electron chi connectivity index (χ1n) is 7.60. The molecule has 0 saturated heterocycles. The second kappa shape index (κ2) is 6.40. The van der Waals surface area contributed by atoms with Crippen molar-refractivity contribution in [2.75, 3.05) is 6.54 Å². The van der Waals surface area contributed by atoms with Gasteiger partial charge in [-0.05, 0) is 30.5 Å². The van der Waals surface area contributed by atoms with Crippen LogP contribution in [-0.4, -0.2) is 23.9 Å². The summed E-state index contributed by atoms with van der Waals surface area (Å²) in [7, 11) is 0. The SMILES string of the molecule is O=C(CCC1CC1)C1=NCC=C1NC(=O)c1c(F)cccc1F. The third-order valence-electron chi connectivity index (χ3n) is 3.98. The van der Waals surface area contributed by atoms with Crippen molar-refractivity contribution < 1.29 is 18.4 Å². The maximum absolute atomic E-state index is 13.6. The Morgan fingerprint density at radius 2 is 1.91 bits per heavy atom. The van der Waals surface area contributed by atoms with Crippen molar-refractivity contribution in [1.29, 1.82) is 0 Å². The number of hydrogen-bond acceptors (Lipinski definition) is 3. The predicted molar refractivity (Wildman–Crippen MR) is 81.2 cm³/mol. The molecule has 2 aliphatic rings. The molecule has 0 bridgehead atoms. The summed E-state index contributed by atoms with van der Waals surface area (Å²) < 4.78 is 27.3. The Morgan fingerprint density at radius 1 is 1.22 bits per heavy atom. The van der Waals surface area contributed by atoms with Crippen LogP contribution in [0.3, 0.4) is 0 Å². The van der Waals surface area contributed by atoms with Crippen LogP contribution >= 0.6 is 0 Å². The summed E-state index contributed by atoms with van der Waals surface area (Å²) in [5.74, 6) is -2.33. The molecule has 0 aromatic heterocycles. The first-order valence-corrected chi connectivity index (χ1v) is 7.60. The fourth-order valence-corrected chi connectivity index (χ4v) is 2.52. The van der Waals surface area contributed by atoms with Crippen LogP contribution in [0.1, 0.15) is 36.0 Å². The lowest BCUT2D eigenvalue weighted by Gasteiger charge is -2.10. The lowest BCUT2D eigenvalue weighted by atomic mass is 10.1. The van der Waals surface area contributed by atoms with Gasteiger partial charge in [0.05, 0.1) is 12.2 Å². The molecule has 1 aliphatic carbocycles. The van der Waals surface area contributed by atoms with Gasteiger partial charge in [-0.15, -0.1) is 0 Å². The van der Waals surface area contributed by atoms with E-state index in [0.717, 1.165) is 31.4 Å². The Labute approximate surface area is 132 Å². The number of hydrogen-bond donors (Lipinski definition) is 1. The normalized spacial score (nSPS) is 16.8. The standard InChI is InChI=1S/C17H16F2N2O2/c18-11-2-1-3-12(19)15(11)17(23)21-13-8-9-20-16(13)14(22)7-6-10-4-5-10/h1-3,8,10H,4-7,9H2,(H,21,23). The molecule has 0 radical (unpaired) electrons. The smallest absolute Gasteiger partial charge is 0.261 e. The van der Waals surface area contributed by atoms with Gasteiger partial charge in [0.2, 0.25) is 0 Å². The average Bonchev–Trinajstić information content (AvgIpc) is 3.23. The summed E-state index contributed by atoms with van der Waals surface area (Å²) in [4.78, 5) is 28.3. The molecule has 1 aromatic rings. The average molecular weight is 318 g/mol. The van der Waals surface area contributed by atoms with E-state index in [9.17, 15) is 18.4 Å². The monoisotopic (exact) mass is 318 g/mol. The number of nitrogens with one attached hydrogen (secondary N) is 1. The van der Waals surface area contributed by atoms with E-state index in [1.807, 2.05) is 0 Å². The molecule has 0 unspecified atom stereocenters. The summed E-state index contributed by atoms with van der Waals surface area (Å²) in [5.41, 5.74) is -0.237. The molecule has 1 aromatic carbocycles. The number of amides is 1. The zero-order valence-corrected chi connectivity index (χ0v) is 12.4. The number of allylic oxidation sites excluding steroid dienone is 1. The molecular formula is C17H16F2N2O2. The van der Waals surface area contributed by atoms with E-state index < -0.39 is 23.1 Å². The largest absolute Gasteiger partial charge is 0.320 e. The number of carbonyl (C=O) groups excluding carboxylic acids is 2. The van der Waals surface area contributed by atoms with Crippen molar-refractivity contribution in [3.05, 3.63) is 47.2 Å². The number of benzene rings is 1. The van der Waals surface area contributed by atoms with Crippen LogP contribution in [0.5, 0.6) is 0 Å². The maximum atomic E-state index is 13.6. The van der Waals surface area contributed by atoms with Crippen molar-refractivity contribution in [3.8, 4) is 0 Å². The van der Waals surface area contributed by atoms with Crippen LogP contribution < -0.4 is 5.32 Å². The van der Waals surface area contributed by atoms with Gasteiger partial charge in [0.15, 0.2) is 5.78 Å². The van der Waals surface area contributed by atoms with Gasteiger partial charge in [0.1, 0.15) is 22.9 Å². The molecular weight excluding hydrogens is 302 g/mol. The minimum absolute atomic E-state index is 0.144. The molecule has 1 fully saturated rings. The molecule has 0 spiro atoms. The highest BCUT2D eigenvalue weighted by Gasteiger charge is 2.27. The molecule has 120 valence electrons. The van der Waals surface area contributed by atoms with Crippen molar-refractivity contribution >= 4 is 17.4 Å². The Bertz CT molecular complexity index is 701. The minimum atomic E-state index is -0.945. The zero-order valence-electron chi connectivity index (χ0n) is 12.4. The van der Waals surface area contributed by atoms with Gasteiger partial charge in [-0.1, -0.05) is 18.9 Å². The summed E-state index contributed by atoms with van der Waals surface area (Å²) >= 11 is 0. The Hall–Kier alpha value is -2.37. The van der Waals surface area contributed by atoms with Crippen LogP contribution in [0, 0.1) is 17.6 Å². The van der Waals surface area contributed by atoms with Crippen molar-refractivity contribution in [3.63, 3.8) is 0 Å². The predicted octanol–water partition coefficient (Wildman–Crippen LogP) is 2.79. The quantitative estimate of drug-likeness (QED) is 0.877. The van der Waals surface area contributed by atoms with E-state index in [4.69, 9.17) is 0 Å². The first-order chi connectivity index (χ1) is 11.1. The highest BCUT2D eigenvalue weighted by molar-refractivity contribution is 6.47. The van der Waals surface area contributed by atoms with Crippen LogP contribution in [-0.2, 0) is 4.79 Å². The molecule has 1 saturated carbocycles. The molecule has 23 heavy (non-hydrogen) atoms. The van der Waals surface area contributed by atoms with E-state index in [2.05, 4.69) is 10.3 Å². The van der Waals surface area contributed by atoms with E-state index >= 15 is 0 Å². The van der Waals surface area contributed by atoms with Gasteiger partial charge in [0.25, 0.3) is 5.91 Å². The topological polar surface area (TPSA) is 58.5 Å². The lowest BCUT2D eigenvalue weighted by Crippen LogP contribution is -2.31. The van der Waals surface area contributed by atoms with Crippen molar-refractivity contribution in [1.82, 2.24) is 5.32 Å². The van der Waals surface area contributed by atoms with Crippen LogP contribution in [0.15, 0.2) is 35.0 Å². The van der Waals surface area contributed by atoms with E-state index in [-0.39, 0.29) is 23.7 Å². The minimum Gasteiger partial charge on any atom is -0.320 e. The molecule has 4 nitrogen and oxygen atoms in total. The zero-order chi connectivity index (χ0) is 16.4. The van der Waals surface area contributed by atoms with Crippen LogP contribution in [0.25, 0.3) is 0 Å². The molecule has 3 rings (SSSR count). The summed E-state index contributed by atoms with van der Waals surface area (Å²) in [6, 6.07) is 3.21. The van der Waals surface area contributed by atoms with E-state index in [1.165, 1.54) is 6.07 Å². The fraction of sp³-hybridized carbons (Fsp3) is 0.353. The van der Waals surface area contributed by atoms with Gasteiger partial charge in [-0.3, -0.25) is 14.6 Å². The number of halogens is 2. The number of rotatable bonds is 6. The number of carbonyl (C=O) groups is 2. The molecule has 0 atom stereocenters. The molecule has 1 amide bonds. The van der Waals surface area contributed by atoms with Crippen LogP contribution in [0.4, 0.5) is 8.78 Å². The van der Waals surface area contributed by atoms with E-state index in [1.54, 1.807) is 6.08 Å². The van der Waals surface area contributed by atoms with E-state index in [0.29, 0.717) is 12.3 Å². The Morgan fingerprint density at radius 3 is 2.57 bits per heavy atom. The fourth-order valence-electron chi connectivity index (χ4n) is 2.52. The highest BCUT2D eigenvalue weighted by Crippen LogP contribution is 2.33. The highest BCUT2D eigenvalue weighted by atomic mass is 19.1. The van der Waals surface area contributed by atoms with Crippen molar-refractivity contribution in [2.45, 2.75) is 25.7 Å². The molecule has 6 heteroatoms. The Balaban J connectivity index is 1.68. The van der Waals surface area contributed by atoms with Gasteiger partial charge in [-0.25, -0.2) is 8.78 Å². The summed E-state index contributed by atoms with van der Waals surface area (Å²) in [6.07, 6.45) is 5.09. The van der Waals surface area contributed by atoms with Gasteiger partial charge in [0, 0.05) is 6.42 Å². The Kier molecular flexibility index (Phi) is 4.32. The van der Waals surface area contributed by atoms with Crippen LogP contribution in [0.2, 0.25) is 0 Å². The summed E-state index contributed by atoms with van der Waals surface area (Å²) in [6.45, 7) is 0.278. The number of ketones is 1. The number of nitrogens with zero attached hydrogens (tertiary/aromatic N) is 1. The first kappa shape index (κ1) is 15.5. The van der Waals surface area contributed by atoms with Gasteiger partial charge >= 0.3 is 0 Å². The number of aliphatic imine (C=N–C) groups is 1. The van der Waals surface area contributed by atoms with Gasteiger partial charge in [-0.2, -0.15) is 0 Å². The second-order valence-corrected chi connectivity index (χ2v) is 5.76. The third kappa shape index (κ3) is 3.52. The van der Waals surface area contributed by atoms with Gasteiger partial charge < -0.3 is 5.32 Å². The second-order valence-electron chi connectivity index (χ2n) is 5.76. The number of Topliss-reactive ketones (excluding diaryl/α,β-unsaturated/α-hetero) is 1. The maximum Gasteiger partial charge on any atom is 0.261 e. The third-order valence-corrected chi connectivity index (χ3v) is 3.98. The van der Waals surface area contributed by atoms with Crippen molar-refractivity contribution in [2.24, 2.45) is 10.9 Å². The molecule has 1 N–H and O–H groups in total. The molecule has 1 heterocycles.